The highest BCUT2D eigenvalue weighted by molar-refractivity contribution is 6.17. The Hall–Kier alpha value is -1.42. The van der Waals surface area contributed by atoms with Crippen LogP contribution in [0, 0.1) is 5.92 Å². The molecule has 19 heavy (non-hydrogen) atoms. The summed E-state index contributed by atoms with van der Waals surface area (Å²) in [4.78, 5) is 14.1. The zero-order valence-electron chi connectivity index (χ0n) is 10.7. The van der Waals surface area contributed by atoms with E-state index in [0.717, 1.165) is 25.8 Å². The SMILES string of the molecule is O=C(c1ccc(O)c(O)c1)N1CCCC(CCCl)C1. The number of likely N-dealkylation sites (tertiary alicyclic amines) is 1. The van der Waals surface area contributed by atoms with Crippen LogP contribution in [0.15, 0.2) is 18.2 Å². The second kappa shape index (κ2) is 6.15. The highest BCUT2D eigenvalue weighted by Crippen LogP contribution is 2.27. The molecule has 0 radical (unpaired) electrons. The molecule has 0 aliphatic carbocycles. The number of benzene rings is 1. The maximum Gasteiger partial charge on any atom is 0.254 e. The fraction of sp³-hybridized carbons (Fsp3) is 0.500. The molecule has 4 nitrogen and oxygen atoms in total. The van der Waals surface area contributed by atoms with Gasteiger partial charge in [0.25, 0.3) is 5.91 Å². The average molecular weight is 284 g/mol. The van der Waals surface area contributed by atoms with Gasteiger partial charge in [-0.3, -0.25) is 4.79 Å². The number of phenols is 2. The number of phenolic OH excluding ortho intramolecular Hbond substituents is 2. The number of nitrogens with zero attached hydrogens (tertiary/aromatic N) is 1. The summed E-state index contributed by atoms with van der Waals surface area (Å²) in [6.07, 6.45) is 3.01. The standard InChI is InChI=1S/C14H18ClNO3/c15-6-5-10-2-1-7-16(9-10)14(19)11-3-4-12(17)13(18)8-11/h3-4,8,10,17-18H,1-2,5-7,9H2. The molecule has 0 saturated carbocycles. The van der Waals surface area contributed by atoms with Crippen molar-refractivity contribution in [3.63, 3.8) is 0 Å². The van der Waals surface area contributed by atoms with Crippen LogP contribution in [0.5, 0.6) is 11.5 Å². The summed E-state index contributed by atoms with van der Waals surface area (Å²) in [7, 11) is 0. The maximum absolute atomic E-state index is 12.3. The van der Waals surface area contributed by atoms with Crippen molar-refractivity contribution in [2.75, 3.05) is 19.0 Å². The molecule has 0 bridgehead atoms. The summed E-state index contributed by atoms with van der Waals surface area (Å²) in [5.41, 5.74) is 0.404. The third-order valence-electron chi connectivity index (χ3n) is 3.55. The molecule has 5 heteroatoms. The lowest BCUT2D eigenvalue weighted by Gasteiger charge is -2.32. The number of piperidine rings is 1. The molecule has 1 aromatic carbocycles. The van der Waals surface area contributed by atoms with Crippen molar-refractivity contribution in [3.8, 4) is 11.5 Å². The van der Waals surface area contributed by atoms with Crippen molar-refractivity contribution in [1.29, 1.82) is 0 Å². The van der Waals surface area contributed by atoms with Gasteiger partial charge < -0.3 is 15.1 Å². The van der Waals surface area contributed by atoms with E-state index in [1.807, 2.05) is 0 Å². The molecule has 0 aromatic heterocycles. The summed E-state index contributed by atoms with van der Waals surface area (Å²) in [6, 6.07) is 4.17. The molecular formula is C14H18ClNO3. The first kappa shape index (κ1) is 14.0. The minimum atomic E-state index is -0.264. The number of rotatable bonds is 3. The molecule has 1 amide bonds. The Labute approximate surface area is 117 Å². The first-order chi connectivity index (χ1) is 9.11. The number of carbonyl (C=O) groups is 1. The Morgan fingerprint density at radius 2 is 2.16 bits per heavy atom. The lowest BCUT2D eigenvalue weighted by Crippen LogP contribution is -2.40. The van der Waals surface area contributed by atoms with Crippen LogP contribution in [0.2, 0.25) is 0 Å². The van der Waals surface area contributed by atoms with Gasteiger partial charge in [0.15, 0.2) is 11.5 Å². The predicted molar refractivity (Wildman–Crippen MR) is 73.7 cm³/mol. The Kier molecular flexibility index (Phi) is 4.53. The number of hydrogen-bond acceptors (Lipinski definition) is 3. The number of amides is 1. The zero-order chi connectivity index (χ0) is 13.8. The molecule has 1 aromatic rings. The van der Waals surface area contributed by atoms with E-state index < -0.39 is 0 Å². The molecule has 1 aliphatic heterocycles. The van der Waals surface area contributed by atoms with Crippen molar-refractivity contribution in [1.82, 2.24) is 4.90 Å². The number of carbonyl (C=O) groups excluding carboxylic acids is 1. The van der Waals surface area contributed by atoms with Crippen LogP contribution < -0.4 is 0 Å². The summed E-state index contributed by atoms with van der Waals surface area (Å²) in [5, 5.41) is 18.7. The molecule has 2 N–H and O–H groups in total. The molecular weight excluding hydrogens is 266 g/mol. The largest absolute Gasteiger partial charge is 0.504 e. The van der Waals surface area contributed by atoms with Crippen molar-refractivity contribution in [3.05, 3.63) is 23.8 Å². The minimum absolute atomic E-state index is 0.102. The topological polar surface area (TPSA) is 60.8 Å². The van der Waals surface area contributed by atoms with Crippen LogP contribution in [-0.4, -0.2) is 40.0 Å². The van der Waals surface area contributed by atoms with E-state index in [0.29, 0.717) is 23.9 Å². The second-order valence-corrected chi connectivity index (χ2v) is 5.32. The monoisotopic (exact) mass is 283 g/mol. The molecule has 1 saturated heterocycles. The molecule has 1 heterocycles. The van der Waals surface area contributed by atoms with Gasteiger partial charge in [0.05, 0.1) is 0 Å². The van der Waals surface area contributed by atoms with Crippen LogP contribution in [0.4, 0.5) is 0 Å². The second-order valence-electron chi connectivity index (χ2n) is 4.94. The van der Waals surface area contributed by atoms with Gasteiger partial charge in [-0.15, -0.1) is 11.6 Å². The summed E-state index contributed by atoms with van der Waals surface area (Å²) >= 11 is 5.75. The van der Waals surface area contributed by atoms with Crippen LogP contribution >= 0.6 is 11.6 Å². The van der Waals surface area contributed by atoms with E-state index in [9.17, 15) is 15.0 Å². The lowest BCUT2D eigenvalue weighted by molar-refractivity contribution is 0.0671. The van der Waals surface area contributed by atoms with E-state index in [-0.39, 0.29) is 17.4 Å². The smallest absolute Gasteiger partial charge is 0.254 e. The minimum Gasteiger partial charge on any atom is -0.504 e. The fourth-order valence-corrected chi connectivity index (χ4v) is 2.79. The van der Waals surface area contributed by atoms with Gasteiger partial charge in [-0.2, -0.15) is 0 Å². The highest BCUT2D eigenvalue weighted by atomic mass is 35.5. The van der Waals surface area contributed by atoms with Crippen LogP contribution in [0.25, 0.3) is 0 Å². The maximum atomic E-state index is 12.3. The number of alkyl halides is 1. The first-order valence-corrected chi connectivity index (χ1v) is 7.02. The Morgan fingerprint density at radius 1 is 1.37 bits per heavy atom. The van der Waals surface area contributed by atoms with Gasteiger partial charge in [0.1, 0.15) is 0 Å². The molecule has 1 unspecified atom stereocenters. The predicted octanol–water partition coefficient (Wildman–Crippen LogP) is 2.58. The van der Waals surface area contributed by atoms with Gasteiger partial charge in [-0.1, -0.05) is 0 Å². The molecule has 0 spiro atoms. The van der Waals surface area contributed by atoms with Crippen LogP contribution in [-0.2, 0) is 0 Å². The third-order valence-corrected chi connectivity index (χ3v) is 3.76. The summed E-state index contributed by atoms with van der Waals surface area (Å²) in [5.74, 6) is 0.498. The van der Waals surface area contributed by atoms with Gasteiger partial charge in [-0.25, -0.2) is 0 Å². The van der Waals surface area contributed by atoms with Gasteiger partial charge in [0, 0.05) is 24.5 Å². The molecule has 2 rings (SSSR count). The Morgan fingerprint density at radius 3 is 2.84 bits per heavy atom. The fourth-order valence-electron chi connectivity index (χ4n) is 2.48. The van der Waals surface area contributed by atoms with Crippen molar-refractivity contribution < 1.29 is 15.0 Å². The Bertz CT molecular complexity index is 462. The van der Waals surface area contributed by atoms with E-state index >= 15 is 0 Å². The van der Waals surface area contributed by atoms with E-state index in [1.54, 1.807) is 4.90 Å². The average Bonchev–Trinajstić information content (AvgIpc) is 2.42. The number of halogens is 1. The normalized spacial score (nSPS) is 19.4. The van der Waals surface area contributed by atoms with Gasteiger partial charge in [-0.05, 0) is 43.4 Å². The summed E-state index contributed by atoms with van der Waals surface area (Å²) < 4.78 is 0. The van der Waals surface area contributed by atoms with Crippen LogP contribution in [0.3, 0.4) is 0 Å². The molecule has 104 valence electrons. The molecule has 1 atom stereocenters. The zero-order valence-corrected chi connectivity index (χ0v) is 11.4. The van der Waals surface area contributed by atoms with E-state index in [4.69, 9.17) is 11.6 Å². The van der Waals surface area contributed by atoms with Crippen molar-refractivity contribution >= 4 is 17.5 Å². The highest BCUT2D eigenvalue weighted by Gasteiger charge is 2.24. The first-order valence-electron chi connectivity index (χ1n) is 6.49. The number of hydrogen-bond donors (Lipinski definition) is 2. The van der Waals surface area contributed by atoms with Crippen molar-refractivity contribution in [2.24, 2.45) is 5.92 Å². The van der Waals surface area contributed by atoms with Crippen LogP contribution in [0.1, 0.15) is 29.6 Å². The van der Waals surface area contributed by atoms with Gasteiger partial charge in [0.2, 0.25) is 0 Å². The van der Waals surface area contributed by atoms with E-state index in [1.165, 1.54) is 18.2 Å². The molecule has 1 fully saturated rings. The van der Waals surface area contributed by atoms with E-state index in [2.05, 4.69) is 0 Å². The van der Waals surface area contributed by atoms with Crippen molar-refractivity contribution in [2.45, 2.75) is 19.3 Å². The van der Waals surface area contributed by atoms with Gasteiger partial charge >= 0.3 is 0 Å². The third kappa shape index (κ3) is 3.32. The molecule has 1 aliphatic rings. The quantitative estimate of drug-likeness (QED) is 0.662. The summed E-state index contributed by atoms with van der Waals surface area (Å²) in [6.45, 7) is 1.45. The Balaban J connectivity index is 2.08. The number of aromatic hydroxyl groups is 2. The lowest BCUT2D eigenvalue weighted by atomic mass is 9.95.